The zero-order chi connectivity index (χ0) is 18.4. The average Bonchev–Trinajstić information content (AvgIpc) is 3.29. The van der Waals surface area contributed by atoms with Gasteiger partial charge >= 0.3 is 0 Å². The van der Waals surface area contributed by atoms with Crippen molar-refractivity contribution in [2.75, 3.05) is 6.54 Å². The monoisotopic (exact) mass is 359 g/mol. The Morgan fingerprint density at radius 1 is 1.19 bits per heavy atom. The number of para-hydroxylation sites is 1. The Morgan fingerprint density at radius 2 is 2.07 bits per heavy atom. The largest absolute Gasteiger partial charge is 0.351 e. The molecule has 0 radical (unpaired) electrons. The highest BCUT2D eigenvalue weighted by Crippen LogP contribution is 2.31. The summed E-state index contributed by atoms with van der Waals surface area (Å²) < 4.78 is 1.78. The number of aromatic nitrogens is 4. The van der Waals surface area contributed by atoms with Crippen LogP contribution < -0.4 is 0 Å². The quantitative estimate of drug-likeness (QED) is 0.590. The third-order valence-corrected chi connectivity index (χ3v) is 5.33. The van der Waals surface area contributed by atoms with Gasteiger partial charge in [0.05, 0.1) is 17.4 Å². The maximum atomic E-state index is 13.3. The topological polar surface area (TPSA) is 66.3 Å². The number of fused-ring (bicyclic) bond motifs is 2. The van der Waals surface area contributed by atoms with Gasteiger partial charge in [-0.3, -0.25) is 4.79 Å². The molecule has 3 aromatic heterocycles. The predicted octanol–water partition coefficient (Wildman–Crippen LogP) is 3.89. The molecule has 0 aliphatic carbocycles. The van der Waals surface area contributed by atoms with E-state index < -0.39 is 0 Å². The first-order valence-corrected chi connectivity index (χ1v) is 9.41. The summed E-state index contributed by atoms with van der Waals surface area (Å²) >= 11 is 0. The number of carbonyl (C=O) groups is 1. The van der Waals surface area contributed by atoms with E-state index in [1.807, 2.05) is 60.5 Å². The molecule has 1 aromatic carbocycles. The molecule has 1 fully saturated rings. The normalized spacial score (nSPS) is 17.7. The van der Waals surface area contributed by atoms with Crippen molar-refractivity contribution in [3.05, 3.63) is 65.7 Å². The smallest absolute Gasteiger partial charge is 0.270 e. The Kier molecular flexibility index (Phi) is 3.70. The molecular formula is C21H21N5O. The van der Waals surface area contributed by atoms with Crippen molar-refractivity contribution in [1.29, 1.82) is 0 Å². The Bertz CT molecular complexity index is 1110. The van der Waals surface area contributed by atoms with Gasteiger partial charge in [0, 0.05) is 29.7 Å². The number of piperidine rings is 1. The molecule has 5 rings (SSSR count). The van der Waals surface area contributed by atoms with E-state index in [2.05, 4.69) is 10.1 Å². The number of nitrogens with zero attached hydrogens (tertiary/aromatic N) is 4. The fourth-order valence-corrected chi connectivity index (χ4v) is 4.02. The minimum Gasteiger partial charge on any atom is -0.351 e. The zero-order valence-corrected chi connectivity index (χ0v) is 15.2. The van der Waals surface area contributed by atoms with Crippen LogP contribution >= 0.6 is 0 Å². The Hall–Kier alpha value is -3.15. The number of benzene rings is 1. The van der Waals surface area contributed by atoms with E-state index in [0.717, 1.165) is 53.7 Å². The van der Waals surface area contributed by atoms with Gasteiger partial charge in [0.25, 0.3) is 5.91 Å². The summed E-state index contributed by atoms with van der Waals surface area (Å²) in [5.41, 5.74) is 4.34. The molecule has 0 spiro atoms. The van der Waals surface area contributed by atoms with Crippen LogP contribution in [0.15, 0.2) is 48.7 Å². The summed E-state index contributed by atoms with van der Waals surface area (Å²) in [7, 11) is 0. The standard InChI is InChI=1S/C21H21N5O/c1-14-12-20-23-17(9-11-26(20)24-14)19-8-4-5-10-25(19)21(27)18-13-15-6-2-3-7-16(15)22-18/h2-3,6-7,9,11-13,19,22H,4-5,8,10H2,1H3/t19-/m1/s1. The van der Waals surface area contributed by atoms with Gasteiger partial charge < -0.3 is 9.88 Å². The first-order chi connectivity index (χ1) is 13.2. The molecular weight excluding hydrogens is 338 g/mol. The molecule has 1 atom stereocenters. The van der Waals surface area contributed by atoms with Crippen LogP contribution in [-0.2, 0) is 0 Å². The van der Waals surface area contributed by atoms with Gasteiger partial charge in [-0.05, 0) is 44.4 Å². The first-order valence-electron chi connectivity index (χ1n) is 9.41. The molecule has 136 valence electrons. The van der Waals surface area contributed by atoms with Gasteiger partial charge in [-0.1, -0.05) is 18.2 Å². The molecule has 6 nitrogen and oxygen atoms in total. The first kappa shape index (κ1) is 16.1. The second-order valence-corrected chi connectivity index (χ2v) is 7.22. The van der Waals surface area contributed by atoms with Gasteiger partial charge in [-0.25, -0.2) is 9.50 Å². The summed E-state index contributed by atoms with van der Waals surface area (Å²) in [5, 5.41) is 5.45. The molecule has 27 heavy (non-hydrogen) atoms. The molecule has 1 aliphatic heterocycles. The van der Waals surface area contributed by atoms with Crippen LogP contribution in [0.2, 0.25) is 0 Å². The highest BCUT2D eigenvalue weighted by Gasteiger charge is 2.30. The van der Waals surface area contributed by atoms with Crippen LogP contribution in [-0.4, -0.2) is 36.9 Å². The summed E-state index contributed by atoms with van der Waals surface area (Å²) in [5.74, 6) is 0.0438. The Labute approximate surface area is 156 Å². The van der Waals surface area contributed by atoms with Crippen molar-refractivity contribution in [2.45, 2.75) is 32.2 Å². The van der Waals surface area contributed by atoms with Crippen molar-refractivity contribution in [1.82, 2.24) is 24.5 Å². The summed E-state index contributed by atoms with van der Waals surface area (Å²) in [6, 6.07) is 13.9. The number of nitrogens with one attached hydrogen (secondary N) is 1. The lowest BCUT2D eigenvalue weighted by Gasteiger charge is -2.35. The number of amides is 1. The fourth-order valence-electron chi connectivity index (χ4n) is 4.02. The molecule has 1 saturated heterocycles. The molecule has 1 N–H and O–H groups in total. The molecule has 4 aromatic rings. The molecule has 1 aliphatic rings. The van der Waals surface area contributed by atoms with Crippen LogP contribution in [0.3, 0.4) is 0 Å². The minimum atomic E-state index is -0.00197. The number of aryl methyl sites for hydroxylation is 1. The number of carbonyl (C=O) groups excluding carboxylic acids is 1. The fraction of sp³-hybridized carbons (Fsp3) is 0.286. The second-order valence-electron chi connectivity index (χ2n) is 7.22. The number of hydrogen-bond acceptors (Lipinski definition) is 3. The summed E-state index contributed by atoms with van der Waals surface area (Å²) in [6.45, 7) is 2.71. The van der Waals surface area contributed by atoms with E-state index in [0.29, 0.717) is 5.69 Å². The SMILES string of the molecule is Cc1cc2nc([C@H]3CCCCN3C(=O)c3cc4ccccc4[nH]3)ccn2n1. The Morgan fingerprint density at radius 3 is 2.96 bits per heavy atom. The average molecular weight is 359 g/mol. The number of rotatable bonds is 2. The molecule has 4 heterocycles. The van der Waals surface area contributed by atoms with Crippen molar-refractivity contribution < 1.29 is 4.79 Å². The van der Waals surface area contributed by atoms with E-state index >= 15 is 0 Å². The van der Waals surface area contributed by atoms with Gasteiger partial charge in [0.2, 0.25) is 0 Å². The van der Waals surface area contributed by atoms with Gasteiger partial charge in [-0.2, -0.15) is 5.10 Å². The van der Waals surface area contributed by atoms with Gasteiger partial charge in [0.1, 0.15) is 5.69 Å². The molecule has 0 unspecified atom stereocenters. The van der Waals surface area contributed by atoms with Gasteiger partial charge in [0.15, 0.2) is 5.65 Å². The second kappa shape index (κ2) is 6.23. The molecule has 1 amide bonds. The predicted molar refractivity (Wildman–Crippen MR) is 104 cm³/mol. The van der Waals surface area contributed by atoms with Crippen LogP contribution in [0, 0.1) is 6.92 Å². The van der Waals surface area contributed by atoms with E-state index in [1.54, 1.807) is 4.52 Å². The van der Waals surface area contributed by atoms with E-state index in [1.165, 1.54) is 0 Å². The minimum absolute atomic E-state index is 0.00197. The maximum absolute atomic E-state index is 13.3. The summed E-state index contributed by atoms with van der Waals surface area (Å²) in [6.07, 6.45) is 5.00. The van der Waals surface area contributed by atoms with E-state index in [-0.39, 0.29) is 11.9 Å². The van der Waals surface area contributed by atoms with Crippen molar-refractivity contribution in [3.8, 4) is 0 Å². The molecule has 6 heteroatoms. The van der Waals surface area contributed by atoms with Crippen LogP contribution in [0.5, 0.6) is 0 Å². The number of aromatic amines is 1. The lowest BCUT2D eigenvalue weighted by Crippen LogP contribution is -2.39. The van der Waals surface area contributed by atoms with Crippen molar-refractivity contribution >= 4 is 22.5 Å². The number of H-pyrrole nitrogens is 1. The highest BCUT2D eigenvalue weighted by atomic mass is 16.2. The number of likely N-dealkylation sites (tertiary alicyclic amines) is 1. The van der Waals surface area contributed by atoms with E-state index in [9.17, 15) is 4.79 Å². The van der Waals surface area contributed by atoms with E-state index in [4.69, 9.17) is 4.98 Å². The third-order valence-electron chi connectivity index (χ3n) is 5.33. The zero-order valence-electron chi connectivity index (χ0n) is 15.2. The summed E-state index contributed by atoms with van der Waals surface area (Å²) in [4.78, 5) is 23.3. The number of hydrogen-bond donors (Lipinski definition) is 1. The van der Waals surface area contributed by atoms with Crippen LogP contribution in [0.25, 0.3) is 16.6 Å². The van der Waals surface area contributed by atoms with Crippen LogP contribution in [0.4, 0.5) is 0 Å². The maximum Gasteiger partial charge on any atom is 0.270 e. The third kappa shape index (κ3) is 2.77. The van der Waals surface area contributed by atoms with Crippen LogP contribution in [0.1, 0.15) is 47.2 Å². The van der Waals surface area contributed by atoms with Crippen molar-refractivity contribution in [3.63, 3.8) is 0 Å². The lowest BCUT2D eigenvalue weighted by atomic mass is 9.98. The van der Waals surface area contributed by atoms with Gasteiger partial charge in [-0.15, -0.1) is 0 Å². The molecule has 0 saturated carbocycles. The molecule has 0 bridgehead atoms. The Balaban J connectivity index is 1.51. The highest BCUT2D eigenvalue weighted by molar-refractivity contribution is 5.98. The van der Waals surface area contributed by atoms with Crippen molar-refractivity contribution in [2.24, 2.45) is 0 Å². The lowest BCUT2D eigenvalue weighted by molar-refractivity contribution is 0.0601.